The Bertz CT molecular complexity index is 742. The molecule has 1 aliphatic heterocycles. The Morgan fingerprint density at radius 2 is 1.93 bits per heavy atom. The highest BCUT2D eigenvalue weighted by Gasteiger charge is 2.16. The molecule has 0 radical (unpaired) electrons. The number of piperidine rings is 1. The quantitative estimate of drug-likeness (QED) is 0.811. The first kappa shape index (κ1) is 19.4. The molecule has 0 unspecified atom stereocenters. The predicted octanol–water partition coefficient (Wildman–Crippen LogP) is 3.79. The van der Waals surface area contributed by atoms with Crippen molar-refractivity contribution >= 4 is 5.91 Å². The van der Waals surface area contributed by atoms with E-state index in [1.165, 1.54) is 31.5 Å². The Morgan fingerprint density at radius 1 is 1.15 bits per heavy atom. The van der Waals surface area contributed by atoms with Crippen LogP contribution < -0.4 is 10.1 Å². The molecule has 1 N–H and O–H groups in total. The molecule has 144 valence electrons. The van der Waals surface area contributed by atoms with Crippen LogP contribution in [0.3, 0.4) is 0 Å². The van der Waals surface area contributed by atoms with Gasteiger partial charge in [0.15, 0.2) is 0 Å². The van der Waals surface area contributed by atoms with Gasteiger partial charge in [0.2, 0.25) is 5.91 Å². The van der Waals surface area contributed by atoms with E-state index in [1.807, 2.05) is 24.3 Å². The normalized spacial score (nSPS) is 17.5. The number of amides is 1. The summed E-state index contributed by atoms with van der Waals surface area (Å²) in [6.45, 7) is 6.31. The van der Waals surface area contributed by atoms with E-state index >= 15 is 0 Å². The minimum Gasteiger partial charge on any atom is -0.497 e. The van der Waals surface area contributed by atoms with Crippen molar-refractivity contribution in [2.24, 2.45) is 5.92 Å². The van der Waals surface area contributed by atoms with E-state index in [9.17, 15) is 4.79 Å². The molecule has 0 aliphatic carbocycles. The molecule has 1 saturated heterocycles. The van der Waals surface area contributed by atoms with E-state index < -0.39 is 0 Å². The fraction of sp³-hybridized carbons (Fsp3) is 0.435. The predicted molar refractivity (Wildman–Crippen MR) is 109 cm³/mol. The average Bonchev–Trinajstić information content (AvgIpc) is 2.68. The molecule has 2 aromatic carbocycles. The van der Waals surface area contributed by atoms with Crippen LogP contribution in [0.4, 0.5) is 0 Å². The van der Waals surface area contributed by atoms with Crippen molar-refractivity contribution in [2.75, 3.05) is 20.2 Å². The summed E-state index contributed by atoms with van der Waals surface area (Å²) < 4.78 is 5.20. The second-order valence-corrected chi connectivity index (χ2v) is 7.60. The molecule has 0 aromatic heterocycles. The largest absolute Gasteiger partial charge is 0.497 e. The average molecular weight is 367 g/mol. The molecule has 0 saturated carbocycles. The number of rotatable bonds is 7. The highest BCUT2D eigenvalue weighted by Crippen LogP contribution is 2.18. The molecule has 0 bridgehead atoms. The topological polar surface area (TPSA) is 41.6 Å². The van der Waals surface area contributed by atoms with E-state index in [4.69, 9.17) is 4.74 Å². The zero-order chi connectivity index (χ0) is 19.1. The first-order valence-corrected chi connectivity index (χ1v) is 9.82. The summed E-state index contributed by atoms with van der Waals surface area (Å²) in [7, 11) is 1.63. The van der Waals surface area contributed by atoms with Gasteiger partial charge >= 0.3 is 0 Å². The van der Waals surface area contributed by atoms with E-state index in [1.54, 1.807) is 7.11 Å². The maximum atomic E-state index is 12.2. The first-order chi connectivity index (χ1) is 13.1. The lowest BCUT2D eigenvalue weighted by Crippen LogP contribution is -2.33. The van der Waals surface area contributed by atoms with Crippen LogP contribution in [0.25, 0.3) is 0 Å². The molecule has 4 heteroatoms. The highest BCUT2D eigenvalue weighted by molar-refractivity contribution is 5.78. The van der Waals surface area contributed by atoms with Gasteiger partial charge in [-0.25, -0.2) is 0 Å². The molecular formula is C23H30N2O2. The fourth-order valence-corrected chi connectivity index (χ4v) is 3.68. The number of carbonyl (C=O) groups is 1. The second kappa shape index (κ2) is 9.56. The number of ether oxygens (including phenoxy) is 1. The van der Waals surface area contributed by atoms with Crippen LogP contribution in [0.1, 0.15) is 36.5 Å². The molecule has 1 aliphatic rings. The Labute approximate surface area is 162 Å². The summed E-state index contributed by atoms with van der Waals surface area (Å²) in [6, 6.07) is 16.2. The lowest BCUT2D eigenvalue weighted by molar-refractivity contribution is -0.120. The SMILES string of the molecule is COc1cccc(CC(=O)NCc2ccc(CN3CCC[C@@H](C)C3)cc2)c1. The smallest absolute Gasteiger partial charge is 0.224 e. The third-order valence-electron chi connectivity index (χ3n) is 5.16. The van der Waals surface area contributed by atoms with Gasteiger partial charge in [0.25, 0.3) is 0 Å². The van der Waals surface area contributed by atoms with Crippen LogP contribution in [0.2, 0.25) is 0 Å². The van der Waals surface area contributed by atoms with Crippen LogP contribution in [-0.2, 0) is 24.3 Å². The van der Waals surface area contributed by atoms with E-state index in [0.717, 1.165) is 29.3 Å². The molecule has 27 heavy (non-hydrogen) atoms. The van der Waals surface area contributed by atoms with Gasteiger partial charge in [-0.3, -0.25) is 9.69 Å². The number of carbonyl (C=O) groups excluding carboxylic acids is 1. The van der Waals surface area contributed by atoms with Crippen molar-refractivity contribution in [3.63, 3.8) is 0 Å². The summed E-state index contributed by atoms with van der Waals surface area (Å²) in [4.78, 5) is 14.7. The number of nitrogens with zero attached hydrogens (tertiary/aromatic N) is 1. The van der Waals surface area contributed by atoms with Crippen LogP contribution >= 0.6 is 0 Å². The number of likely N-dealkylation sites (tertiary alicyclic amines) is 1. The highest BCUT2D eigenvalue weighted by atomic mass is 16.5. The van der Waals surface area contributed by atoms with Crippen LogP contribution in [0.15, 0.2) is 48.5 Å². The first-order valence-electron chi connectivity index (χ1n) is 9.82. The van der Waals surface area contributed by atoms with Crippen molar-refractivity contribution in [3.8, 4) is 5.75 Å². The molecule has 2 aromatic rings. The number of benzene rings is 2. The third-order valence-corrected chi connectivity index (χ3v) is 5.16. The Hall–Kier alpha value is -2.33. The number of hydrogen-bond donors (Lipinski definition) is 1. The summed E-state index contributed by atoms with van der Waals surface area (Å²) in [5, 5.41) is 3.00. The Kier molecular flexibility index (Phi) is 6.88. The standard InChI is InChI=1S/C23H30N2O2/c1-18-5-4-12-25(16-18)17-20-10-8-19(9-11-20)15-24-23(26)14-21-6-3-7-22(13-21)27-2/h3,6-11,13,18H,4-5,12,14-17H2,1-2H3,(H,24,26)/t18-/m1/s1. The maximum absolute atomic E-state index is 12.2. The molecule has 1 heterocycles. The molecule has 4 nitrogen and oxygen atoms in total. The molecule has 3 rings (SSSR count). The minimum absolute atomic E-state index is 0.0228. The Morgan fingerprint density at radius 3 is 2.67 bits per heavy atom. The van der Waals surface area contributed by atoms with Gasteiger partial charge in [0.05, 0.1) is 13.5 Å². The van der Waals surface area contributed by atoms with Gasteiger partial charge in [-0.2, -0.15) is 0 Å². The van der Waals surface area contributed by atoms with Crippen molar-refractivity contribution in [2.45, 2.75) is 39.3 Å². The number of methoxy groups -OCH3 is 1. The molecule has 1 fully saturated rings. The monoisotopic (exact) mass is 366 g/mol. The Balaban J connectivity index is 1.45. The molecular weight excluding hydrogens is 336 g/mol. The van der Waals surface area contributed by atoms with E-state index in [-0.39, 0.29) is 5.91 Å². The summed E-state index contributed by atoms with van der Waals surface area (Å²) >= 11 is 0. The molecule has 1 amide bonds. The van der Waals surface area contributed by atoms with E-state index in [0.29, 0.717) is 13.0 Å². The lowest BCUT2D eigenvalue weighted by atomic mass is 9.99. The van der Waals surface area contributed by atoms with E-state index in [2.05, 4.69) is 41.4 Å². The van der Waals surface area contributed by atoms with Gasteiger partial charge in [0.1, 0.15) is 5.75 Å². The number of nitrogens with one attached hydrogen (secondary N) is 1. The van der Waals surface area contributed by atoms with Gasteiger partial charge < -0.3 is 10.1 Å². The molecule has 0 spiro atoms. The van der Waals surface area contributed by atoms with Crippen LogP contribution in [0.5, 0.6) is 5.75 Å². The third kappa shape index (κ3) is 6.10. The summed E-state index contributed by atoms with van der Waals surface area (Å²) in [5.41, 5.74) is 3.43. The van der Waals surface area contributed by atoms with Crippen molar-refractivity contribution in [1.82, 2.24) is 10.2 Å². The summed E-state index contributed by atoms with van der Waals surface area (Å²) in [6.07, 6.45) is 3.02. The summed E-state index contributed by atoms with van der Waals surface area (Å²) in [5.74, 6) is 1.60. The van der Waals surface area contributed by atoms with Crippen LogP contribution in [0, 0.1) is 5.92 Å². The van der Waals surface area contributed by atoms with Gasteiger partial charge in [-0.05, 0) is 54.1 Å². The molecule has 1 atom stereocenters. The van der Waals surface area contributed by atoms with Crippen molar-refractivity contribution in [3.05, 3.63) is 65.2 Å². The second-order valence-electron chi connectivity index (χ2n) is 7.60. The van der Waals surface area contributed by atoms with Gasteiger partial charge in [-0.1, -0.05) is 43.3 Å². The van der Waals surface area contributed by atoms with Gasteiger partial charge in [0, 0.05) is 19.6 Å². The lowest BCUT2D eigenvalue weighted by Gasteiger charge is -2.30. The zero-order valence-corrected chi connectivity index (χ0v) is 16.4. The zero-order valence-electron chi connectivity index (χ0n) is 16.4. The fourth-order valence-electron chi connectivity index (χ4n) is 3.68. The van der Waals surface area contributed by atoms with Crippen LogP contribution in [-0.4, -0.2) is 31.0 Å². The van der Waals surface area contributed by atoms with Crippen molar-refractivity contribution in [1.29, 1.82) is 0 Å². The number of hydrogen-bond acceptors (Lipinski definition) is 3. The van der Waals surface area contributed by atoms with Gasteiger partial charge in [-0.15, -0.1) is 0 Å². The maximum Gasteiger partial charge on any atom is 0.224 e. The van der Waals surface area contributed by atoms with Crippen molar-refractivity contribution < 1.29 is 9.53 Å². The minimum atomic E-state index is 0.0228.